The van der Waals surface area contributed by atoms with Gasteiger partial charge in [0, 0.05) is 44.3 Å². The number of halogens is 1. The van der Waals surface area contributed by atoms with Crippen LogP contribution in [0.1, 0.15) is 43.7 Å². The van der Waals surface area contributed by atoms with Gasteiger partial charge in [0.15, 0.2) is 5.96 Å². The van der Waals surface area contributed by atoms with Gasteiger partial charge in [0.25, 0.3) is 0 Å². The maximum Gasteiger partial charge on any atom is 0.191 e. The lowest BCUT2D eigenvalue weighted by Crippen LogP contribution is -2.48. The van der Waals surface area contributed by atoms with Crippen molar-refractivity contribution in [2.75, 3.05) is 46.5 Å². The van der Waals surface area contributed by atoms with Gasteiger partial charge in [-0.25, -0.2) is 0 Å². The zero-order valence-electron chi connectivity index (χ0n) is 18.8. The first-order valence-corrected chi connectivity index (χ1v) is 11.2. The van der Waals surface area contributed by atoms with Crippen molar-refractivity contribution in [3.63, 3.8) is 0 Å². The summed E-state index contributed by atoms with van der Waals surface area (Å²) in [5, 5.41) is 6.98. The van der Waals surface area contributed by atoms with Crippen LogP contribution in [-0.2, 0) is 11.3 Å². The van der Waals surface area contributed by atoms with Crippen LogP contribution in [0, 0.1) is 12.8 Å². The largest absolute Gasteiger partial charge is 0.493 e. The fourth-order valence-electron chi connectivity index (χ4n) is 4.19. The number of piperidine rings is 1. The summed E-state index contributed by atoms with van der Waals surface area (Å²) in [5.74, 6) is 2.31. The number of guanidine groups is 1. The van der Waals surface area contributed by atoms with Gasteiger partial charge in [0.05, 0.1) is 13.2 Å². The quantitative estimate of drug-likeness (QED) is 0.306. The van der Waals surface area contributed by atoms with Crippen molar-refractivity contribution in [2.45, 2.75) is 52.1 Å². The Morgan fingerprint density at radius 3 is 2.87 bits per heavy atom. The molecule has 0 spiro atoms. The SMILES string of the molecule is CCN1CCCCC1CNC(=NC)NCc1ccc(C)cc1OCC1CCOC1.I. The van der Waals surface area contributed by atoms with E-state index in [2.05, 4.69) is 52.6 Å². The van der Waals surface area contributed by atoms with Crippen molar-refractivity contribution < 1.29 is 9.47 Å². The number of benzene rings is 1. The van der Waals surface area contributed by atoms with E-state index in [-0.39, 0.29) is 24.0 Å². The molecule has 0 bridgehead atoms. The highest BCUT2D eigenvalue weighted by Crippen LogP contribution is 2.22. The normalized spacial score (nSPS) is 22.4. The van der Waals surface area contributed by atoms with Gasteiger partial charge < -0.3 is 20.1 Å². The fraction of sp³-hybridized carbons (Fsp3) is 0.696. The fourth-order valence-corrected chi connectivity index (χ4v) is 4.19. The van der Waals surface area contributed by atoms with E-state index in [4.69, 9.17) is 9.47 Å². The van der Waals surface area contributed by atoms with Gasteiger partial charge in [-0.2, -0.15) is 0 Å². The molecule has 2 heterocycles. The Kier molecular flexibility index (Phi) is 11.2. The van der Waals surface area contributed by atoms with Gasteiger partial charge in [-0.3, -0.25) is 9.89 Å². The van der Waals surface area contributed by atoms with Gasteiger partial charge >= 0.3 is 0 Å². The molecule has 0 saturated carbocycles. The second-order valence-corrected chi connectivity index (χ2v) is 8.24. The number of likely N-dealkylation sites (N-methyl/N-ethyl adjacent to an activating group) is 1. The maximum absolute atomic E-state index is 6.16. The minimum absolute atomic E-state index is 0. The molecule has 2 aliphatic rings. The second-order valence-electron chi connectivity index (χ2n) is 8.24. The van der Waals surface area contributed by atoms with E-state index in [0.717, 1.165) is 56.6 Å². The molecule has 2 N–H and O–H groups in total. The third-order valence-electron chi connectivity index (χ3n) is 6.05. The molecule has 0 aromatic heterocycles. The molecule has 6 nitrogen and oxygen atoms in total. The number of aliphatic imine (C=N–C) groups is 1. The first-order valence-electron chi connectivity index (χ1n) is 11.2. The van der Waals surface area contributed by atoms with Crippen LogP contribution in [0.25, 0.3) is 0 Å². The van der Waals surface area contributed by atoms with Gasteiger partial charge in [0.2, 0.25) is 0 Å². The lowest BCUT2D eigenvalue weighted by molar-refractivity contribution is 0.157. The van der Waals surface area contributed by atoms with Gasteiger partial charge in [-0.15, -0.1) is 24.0 Å². The topological polar surface area (TPSA) is 58.1 Å². The maximum atomic E-state index is 6.16. The Bertz CT molecular complexity index is 665. The van der Waals surface area contributed by atoms with Crippen LogP contribution < -0.4 is 15.4 Å². The Labute approximate surface area is 199 Å². The summed E-state index contributed by atoms with van der Waals surface area (Å²) in [4.78, 5) is 6.99. The van der Waals surface area contributed by atoms with Gasteiger partial charge in [0.1, 0.15) is 5.75 Å². The van der Waals surface area contributed by atoms with E-state index in [0.29, 0.717) is 18.5 Å². The highest BCUT2D eigenvalue weighted by atomic mass is 127. The minimum atomic E-state index is 0. The number of rotatable bonds is 8. The second kappa shape index (κ2) is 13.4. The van der Waals surface area contributed by atoms with Crippen LogP contribution in [0.3, 0.4) is 0 Å². The number of hydrogen-bond acceptors (Lipinski definition) is 4. The summed E-state index contributed by atoms with van der Waals surface area (Å²) in [5.41, 5.74) is 2.37. The molecule has 2 fully saturated rings. The average Bonchev–Trinajstić information content (AvgIpc) is 3.27. The number of aryl methyl sites for hydroxylation is 1. The molecule has 2 unspecified atom stereocenters. The molecule has 3 rings (SSSR count). The van der Waals surface area contributed by atoms with Crippen LogP contribution in [0.2, 0.25) is 0 Å². The Morgan fingerprint density at radius 2 is 2.13 bits per heavy atom. The monoisotopic (exact) mass is 530 g/mol. The molecule has 1 aromatic carbocycles. The van der Waals surface area contributed by atoms with E-state index in [1.807, 2.05) is 7.05 Å². The Morgan fingerprint density at radius 1 is 1.27 bits per heavy atom. The summed E-state index contributed by atoms with van der Waals surface area (Å²) in [6.45, 7) is 10.7. The third kappa shape index (κ3) is 7.57. The number of ether oxygens (including phenoxy) is 2. The summed E-state index contributed by atoms with van der Waals surface area (Å²) in [6, 6.07) is 7.01. The molecule has 7 heteroatoms. The molecule has 2 aliphatic heterocycles. The smallest absolute Gasteiger partial charge is 0.191 e. The highest BCUT2D eigenvalue weighted by molar-refractivity contribution is 14.0. The van der Waals surface area contributed by atoms with Crippen molar-refractivity contribution in [1.82, 2.24) is 15.5 Å². The molecule has 2 saturated heterocycles. The van der Waals surface area contributed by atoms with Crippen LogP contribution in [0.5, 0.6) is 5.75 Å². The highest BCUT2D eigenvalue weighted by Gasteiger charge is 2.21. The molecule has 0 aliphatic carbocycles. The molecule has 170 valence electrons. The molecular weight excluding hydrogens is 491 g/mol. The van der Waals surface area contributed by atoms with Crippen LogP contribution in [-0.4, -0.2) is 63.4 Å². The van der Waals surface area contributed by atoms with Crippen LogP contribution in [0.15, 0.2) is 23.2 Å². The summed E-state index contributed by atoms with van der Waals surface area (Å²) in [6.07, 6.45) is 5.00. The summed E-state index contributed by atoms with van der Waals surface area (Å²) >= 11 is 0. The zero-order chi connectivity index (χ0) is 20.5. The number of nitrogens with zero attached hydrogens (tertiary/aromatic N) is 2. The minimum Gasteiger partial charge on any atom is -0.493 e. The number of nitrogens with one attached hydrogen (secondary N) is 2. The Hall–Kier alpha value is -1.06. The molecule has 1 aromatic rings. The van der Waals surface area contributed by atoms with Gasteiger partial charge in [-0.05, 0) is 50.9 Å². The predicted octanol–water partition coefficient (Wildman–Crippen LogP) is 3.57. The van der Waals surface area contributed by atoms with Crippen molar-refractivity contribution >= 4 is 29.9 Å². The number of hydrogen-bond donors (Lipinski definition) is 2. The summed E-state index contributed by atoms with van der Waals surface area (Å²) < 4.78 is 11.6. The first-order chi connectivity index (χ1) is 14.2. The molecule has 2 atom stereocenters. The van der Waals surface area contributed by atoms with Crippen molar-refractivity contribution in [1.29, 1.82) is 0 Å². The Balaban J connectivity index is 0.00000320. The van der Waals surface area contributed by atoms with E-state index in [1.54, 1.807) is 0 Å². The predicted molar refractivity (Wildman–Crippen MR) is 134 cm³/mol. The first kappa shape index (κ1) is 25.2. The average molecular weight is 530 g/mol. The standard InChI is InChI=1S/C23H38N4O2.HI/c1-4-27-11-6-5-7-21(27)15-26-23(24-3)25-14-20-9-8-18(2)13-22(20)29-17-19-10-12-28-16-19;/h8-9,13,19,21H,4-7,10-12,14-17H2,1-3H3,(H2,24,25,26);1H. The zero-order valence-corrected chi connectivity index (χ0v) is 21.1. The number of likely N-dealkylation sites (tertiary alicyclic amines) is 1. The van der Waals surface area contributed by atoms with Crippen molar-refractivity contribution in [3.8, 4) is 5.75 Å². The molecule has 0 radical (unpaired) electrons. The van der Waals surface area contributed by atoms with Gasteiger partial charge in [-0.1, -0.05) is 25.5 Å². The molecule has 30 heavy (non-hydrogen) atoms. The lowest BCUT2D eigenvalue weighted by Gasteiger charge is -2.35. The van der Waals surface area contributed by atoms with Crippen molar-refractivity contribution in [3.05, 3.63) is 29.3 Å². The van der Waals surface area contributed by atoms with E-state index >= 15 is 0 Å². The summed E-state index contributed by atoms with van der Waals surface area (Å²) in [7, 11) is 1.83. The molecular formula is C23H39IN4O2. The third-order valence-corrected chi connectivity index (χ3v) is 6.05. The van der Waals surface area contributed by atoms with Crippen molar-refractivity contribution in [2.24, 2.45) is 10.9 Å². The molecule has 0 amide bonds. The van der Waals surface area contributed by atoms with Crippen LogP contribution >= 0.6 is 24.0 Å². The lowest BCUT2D eigenvalue weighted by atomic mass is 10.0. The van der Waals surface area contributed by atoms with E-state index < -0.39 is 0 Å². The van der Waals surface area contributed by atoms with Crippen LogP contribution in [0.4, 0.5) is 0 Å². The van der Waals surface area contributed by atoms with E-state index in [9.17, 15) is 0 Å². The van der Waals surface area contributed by atoms with E-state index in [1.165, 1.54) is 31.4 Å².